The molecule has 0 fully saturated rings. The number of nitrogens with one attached hydrogen (secondary N) is 2. The molecule has 0 saturated carbocycles. The molecule has 3 nitrogen and oxygen atoms in total. The maximum atomic E-state index is 10.8. The van der Waals surface area contributed by atoms with E-state index in [2.05, 4.69) is 31.4 Å². The lowest BCUT2D eigenvalue weighted by Crippen LogP contribution is -2.36. The number of unbranched alkanes of at least 4 members (excludes halogenated alkanes) is 1. The second kappa shape index (κ2) is 5.97. The van der Waals surface area contributed by atoms with E-state index in [1.54, 1.807) is 7.05 Å². The van der Waals surface area contributed by atoms with Crippen LogP contribution in [-0.2, 0) is 4.79 Å². The van der Waals surface area contributed by atoms with Crippen molar-refractivity contribution in [2.45, 2.75) is 45.6 Å². The molecular formula is C10H22N2O. The number of carbonyl (C=O) groups excluding carboxylic acids is 1. The molecule has 0 atom stereocenters. The van der Waals surface area contributed by atoms with Gasteiger partial charge in [0.2, 0.25) is 5.91 Å². The first-order chi connectivity index (χ1) is 5.95. The molecule has 0 aromatic carbocycles. The van der Waals surface area contributed by atoms with Crippen molar-refractivity contribution in [3.8, 4) is 0 Å². The minimum atomic E-state index is 0.135. The quantitative estimate of drug-likeness (QED) is 0.635. The van der Waals surface area contributed by atoms with Crippen LogP contribution in [0.5, 0.6) is 0 Å². The number of hydrogen-bond donors (Lipinski definition) is 2. The fourth-order valence-corrected chi connectivity index (χ4v) is 0.999. The van der Waals surface area contributed by atoms with Gasteiger partial charge in [-0.05, 0) is 40.2 Å². The smallest absolute Gasteiger partial charge is 0.219 e. The molecule has 0 rings (SSSR count). The first-order valence-electron chi connectivity index (χ1n) is 4.91. The molecule has 78 valence electrons. The predicted molar refractivity (Wildman–Crippen MR) is 55.7 cm³/mol. The van der Waals surface area contributed by atoms with E-state index in [4.69, 9.17) is 0 Å². The molecule has 0 heterocycles. The Balaban J connectivity index is 3.22. The van der Waals surface area contributed by atoms with Gasteiger partial charge in [-0.2, -0.15) is 0 Å². The summed E-state index contributed by atoms with van der Waals surface area (Å²) >= 11 is 0. The van der Waals surface area contributed by atoms with Crippen molar-refractivity contribution in [2.75, 3.05) is 13.6 Å². The van der Waals surface area contributed by atoms with E-state index >= 15 is 0 Å². The van der Waals surface area contributed by atoms with Gasteiger partial charge in [0.05, 0.1) is 0 Å². The molecule has 0 aliphatic carbocycles. The highest BCUT2D eigenvalue weighted by Crippen LogP contribution is 2.00. The Labute approximate surface area is 81.3 Å². The van der Waals surface area contributed by atoms with Gasteiger partial charge in [0.25, 0.3) is 0 Å². The van der Waals surface area contributed by atoms with Crippen LogP contribution in [0.4, 0.5) is 0 Å². The maximum absolute atomic E-state index is 10.8. The lowest BCUT2D eigenvalue weighted by Gasteiger charge is -2.20. The van der Waals surface area contributed by atoms with Gasteiger partial charge in [-0.25, -0.2) is 0 Å². The van der Waals surface area contributed by atoms with E-state index in [9.17, 15) is 4.79 Å². The summed E-state index contributed by atoms with van der Waals surface area (Å²) in [5.74, 6) is 0.135. The highest BCUT2D eigenvalue weighted by molar-refractivity contribution is 5.75. The van der Waals surface area contributed by atoms with Crippen LogP contribution in [0.1, 0.15) is 40.0 Å². The van der Waals surface area contributed by atoms with Gasteiger partial charge in [-0.3, -0.25) is 4.79 Å². The van der Waals surface area contributed by atoms with Gasteiger partial charge in [0.15, 0.2) is 0 Å². The van der Waals surface area contributed by atoms with Crippen molar-refractivity contribution < 1.29 is 4.79 Å². The second-order valence-corrected chi connectivity index (χ2v) is 4.31. The number of amides is 1. The van der Waals surface area contributed by atoms with Gasteiger partial charge in [-0.15, -0.1) is 0 Å². The molecule has 13 heavy (non-hydrogen) atoms. The normalized spacial score (nSPS) is 11.4. The Morgan fingerprint density at radius 2 is 1.85 bits per heavy atom. The van der Waals surface area contributed by atoms with E-state index in [-0.39, 0.29) is 11.4 Å². The third-order valence-corrected chi connectivity index (χ3v) is 1.76. The van der Waals surface area contributed by atoms with Crippen LogP contribution >= 0.6 is 0 Å². The summed E-state index contributed by atoms with van der Waals surface area (Å²) in [6, 6.07) is 0. The van der Waals surface area contributed by atoms with Crippen LogP contribution in [0.3, 0.4) is 0 Å². The standard InChI is InChI=1S/C10H22N2O/c1-10(2,3)12-8-6-5-7-9(13)11-4/h12H,5-8H2,1-4H3,(H,11,13). The monoisotopic (exact) mass is 186 g/mol. The summed E-state index contributed by atoms with van der Waals surface area (Å²) in [5, 5.41) is 5.99. The van der Waals surface area contributed by atoms with Crippen molar-refractivity contribution >= 4 is 5.91 Å². The molecule has 0 bridgehead atoms. The molecule has 0 radical (unpaired) electrons. The van der Waals surface area contributed by atoms with Crippen molar-refractivity contribution in [1.82, 2.24) is 10.6 Å². The fourth-order valence-electron chi connectivity index (χ4n) is 0.999. The Morgan fingerprint density at radius 1 is 1.23 bits per heavy atom. The van der Waals surface area contributed by atoms with Crippen LogP contribution in [0, 0.1) is 0 Å². The molecule has 0 aromatic rings. The Kier molecular flexibility index (Phi) is 5.71. The lowest BCUT2D eigenvalue weighted by atomic mass is 10.1. The first kappa shape index (κ1) is 12.4. The van der Waals surface area contributed by atoms with Crippen LogP contribution in [0.15, 0.2) is 0 Å². The Bertz CT molecular complexity index is 149. The predicted octanol–water partition coefficient (Wildman–Crippen LogP) is 1.29. The molecule has 2 N–H and O–H groups in total. The second-order valence-electron chi connectivity index (χ2n) is 4.31. The summed E-state index contributed by atoms with van der Waals surface area (Å²) in [6.07, 6.45) is 2.66. The average molecular weight is 186 g/mol. The van der Waals surface area contributed by atoms with E-state index in [0.717, 1.165) is 19.4 Å². The zero-order valence-electron chi connectivity index (χ0n) is 9.24. The summed E-state index contributed by atoms with van der Waals surface area (Å²) in [6.45, 7) is 7.42. The lowest BCUT2D eigenvalue weighted by molar-refractivity contribution is -0.120. The molecule has 0 saturated heterocycles. The third-order valence-electron chi connectivity index (χ3n) is 1.76. The minimum absolute atomic E-state index is 0.135. The first-order valence-corrected chi connectivity index (χ1v) is 4.91. The number of carbonyl (C=O) groups is 1. The number of hydrogen-bond acceptors (Lipinski definition) is 2. The highest BCUT2D eigenvalue weighted by Gasteiger charge is 2.07. The topological polar surface area (TPSA) is 41.1 Å². The molecule has 1 amide bonds. The van der Waals surface area contributed by atoms with Gasteiger partial charge in [-0.1, -0.05) is 0 Å². The summed E-state index contributed by atoms with van der Waals surface area (Å²) < 4.78 is 0. The van der Waals surface area contributed by atoms with Crippen molar-refractivity contribution in [3.63, 3.8) is 0 Å². The third kappa shape index (κ3) is 9.34. The van der Waals surface area contributed by atoms with Crippen molar-refractivity contribution in [3.05, 3.63) is 0 Å². The molecule has 3 heteroatoms. The number of rotatable bonds is 5. The molecule has 0 aromatic heterocycles. The minimum Gasteiger partial charge on any atom is -0.359 e. The van der Waals surface area contributed by atoms with Gasteiger partial charge in [0, 0.05) is 19.0 Å². The van der Waals surface area contributed by atoms with Crippen molar-refractivity contribution in [1.29, 1.82) is 0 Å². The summed E-state index contributed by atoms with van der Waals surface area (Å²) in [7, 11) is 1.68. The summed E-state index contributed by atoms with van der Waals surface area (Å²) in [5.41, 5.74) is 0.188. The Morgan fingerprint density at radius 3 is 2.31 bits per heavy atom. The van der Waals surface area contributed by atoms with Crippen LogP contribution in [0.25, 0.3) is 0 Å². The van der Waals surface area contributed by atoms with Gasteiger partial charge < -0.3 is 10.6 Å². The molecule has 0 spiro atoms. The summed E-state index contributed by atoms with van der Waals surface area (Å²) in [4.78, 5) is 10.8. The van der Waals surface area contributed by atoms with E-state index in [0.29, 0.717) is 6.42 Å². The van der Waals surface area contributed by atoms with Crippen LogP contribution < -0.4 is 10.6 Å². The van der Waals surface area contributed by atoms with Gasteiger partial charge >= 0.3 is 0 Å². The highest BCUT2D eigenvalue weighted by atomic mass is 16.1. The van der Waals surface area contributed by atoms with Crippen molar-refractivity contribution in [2.24, 2.45) is 0 Å². The maximum Gasteiger partial charge on any atom is 0.219 e. The van der Waals surface area contributed by atoms with Crippen LogP contribution in [0.2, 0.25) is 0 Å². The molecule has 0 aliphatic rings. The fraction of sp³-hybridized carbons (Fsp3) is 0.900. The zero-order valence-corrected chi connectivity index (χ0v) is 9.24. The SMILES string of the molecule is CNC(=O)CCCCNC(C)(C)C. The largest absolute Gasteiger partial charge is 0.359 e. The zero-order chi connectivity index (χ0) is 10.3. The van der Waals surface area contributed by atoms with E-state index in [1.165, 1.54) is 0 Å². The Hall–Kier alpha value is -0.570. The average Bonchev–Trinajstić information content (AvgIpc) is 2.01. The molecule has 0 aliphatic heterocycles. The van der Waals surface area contributed by atoms with E-state index in [1.807, 2.05) is 0 Å². The van der Waals surface area contributed by atoms with Gasteiger partial charge in [0.1, 0.15) is 0 Å². The van der Waals surface area contributed by atoms with Crippen LogP contribution in [-0.4, -0.2) is 25.0 Å². The van der Waals surface area contributed by atoms with E-state index < -0.39 is 0 Å². The molecular weight excluding hydrogens is 164 g/mol. The molecule has 0 unspecified atom stereocenters.